The van der Waals surface area contributed by atoms with Crippen molar-refractivity contribution in [2.75, 3.05) is 53.9 Å². The van der Waals surface area contributed by atoms with E-state index in [9.17, 15) is 116 Å². The van der Waals surface area contributed by atoms with Gasteiger partial charge in [-0.3, -0.25) is 24.0 Å². The maximum Gasteiger partial charge on any atom is 0.219 e. The van der Waals surface area contributed by atoms with Crippen molar-refractivity contribution in [3.63, 3.8) is 0 Å². The molecule has 0 radical (unpaired) electrons. The van der Waals surface area contributed by atoms with Gasteiger partial charge in [0, 0.05) is 54.6 Å². The Hall–Kier alpha value is -3.73. The number of aliphatic hydroxyl groups is 18. The van der Waals surface area contributed by atoms with Crippen molar-refractivity contribution in [2.45, 2.75) is 262 Å². The third kappa shape index (κ3) is 20.5. The molecule has 0 bridgehead atoms. The minimum atomic E-state index is -2.60. The van der Waals surface area contributed by atoms with Crippen LogP contribution in [0, 0.1) is 0 Å². The predicted molar refractivity (Wildman–Crippen MR) is 308 cm³/mol. The summed E-state index contributed by atoms with van der Waals surface area (Å²) in [5, 5.41) is 206. The van der Waals surface area contributed by atoms with E-state index < -0.39 is 297 Å². The molecule has 0 aromatic rings. The van der Waals surface area contributed by atoms with Gasteiger partial charge >= 0.3 is 0 Å². The quantitative estimate of drug-likeness (QED) is 0.0259. The van der Waals surface area contributed by atoms with E-state index in [-0.39, 0.29) is 6.42 Å². The summed E-state index contributed by atoms with van der Waals surface area (Å²) in [6.07, 6.45) is -60.7. The number of hydrogen-bond donors (Lipinski definition) is 23. The van der Waals surface area contributed by atoms with Gasteiger partial charge in [0.05, 0.1) is 56.8 Å². The Bertz CT molecular complexity index is 2400. The molecule has 0 spiro atoms. The molecule has 41 heteroatoms. The van der Waals surface area contributed by atoms with Crippen LogP contribution in [0.15, 0.2) is 0 Å². The Kier molecular flexibility index (Phi) is 33.1. The summed E-state index contributed by atoms with van der Waals surface area (Å²) in [5.74, 6) is -4.67. The number of primary amides is 1. The SMILES string of the molecule is CC[C@H]1O[C@H](OC2[C@H](O)C(CO[C@@H](O)C(O[C@@H]3O[C@@H](CO)[C@@H](O[C@@H]4OC(CO)[C@H](O)[C@H](O)C4O)C(O)C3NC(C)=O)[C@@H](O)[C@H](O)CCO)O[C@@H](O[C@@H]3C(CO)O[C@@H](O[C@H](CCO)[C@H](O)C(NC(C)=O)[C@@H](OC)C(=O)[C@@H](N)CC(N)=O)C(NC(C)=O)[C@H]3O)[C@@H]2O)C(OC)C(O)[C@@H]1O. The molecule has 0 aromatic heterocycles. The molecule has 4 amide bonds. The van der Waals surface area contributed by atoms with Crippen molar-refractivity contribution in [3.8, 4) is 0 Å². The zero-order valence-corrected chi connectivity index (χ0v) is 53.3. The Morgan fingerprint density at radius 2 is 1.01 bits per heavy atom. The van der Waals surface area contributed by atoms with Crippen LogP contribution in [-0.2, 0) is 85.6 Å². The van der Waals surface area contributed by atoms with Crippen molar-refractivity contribution in [3.05, 3.63) is 0 Å². The molecule has 41 nitrogen and oxygen atoms in total. The number of carbonyl (C=O) groups excluding carboxylic acids is 5. The highest BCUT2D eigenvalue weighted by atomic mass is 16.8. The van der Waals surface area contributed by atoms with Gasteiger partial charge in [0.25, 0.3) is 0 Å². The second kappa shape index (κ2) is 38.3. The molecule has 12 unspecified atom stereocenters. The molecule has 5 rings (SSSR count). The highest BCUT2D eigenvalue weighted by Gasteiger charge is 2.57. The lowest BCUT2D eigenvalue weighted by Gasteiger charge is -2.49. The number of carbonyl (C=O) groups is 5. The van der Waals surface area contributed by atoms with E-state index in [1.165, 1.54) is 0 Å². The van der Waals surface area contributed by atoms with E-state index in [1.54, 1.807) is 6.92 Å². The molecule has 5 saturated heterocycles. The average molecular weight is 1400 g/mol. The molecule has 0 saturated carbocycles. The van der Waals surface area contributed by atoms with E-state index in [0.717, 1.165) is 35.0 Å². The van der Waals surface area contributed by atoms with Crippen LogP contribution in [0.4, 0.5) is 0 Å². The number of methoxy groups -OCH3 is 2. The van der Waals surface area contributed by atoms with E-state index >= 15 is 0 Å². The summed E-state index contributed by atoms with van der Waals surface area (Å²) in [4.78, 5) is 63.3. The fourth-order valence-electron chi connectivity index (χ4n) is 11.7. The first-order valence-electron chi connectivity index (χ1n) is 30.8. The Labute approximate surface area is 548 Å². The topological polar surface area (TPSA) is 658 Å². The van der Waals surface area contributed by atoms with Crippen molar-refractivity contribution in [1.29, 1.82) is 0 Å². The summed E-state index contributed by atoms with van der Waals surface area (Å²) >= 11 is 0. The lowest BCUT2D eigenvalue weighted by molar-refractivity contribution is -0.381. The molecule has 5 aliphatic heterocycles. The van der Waals surface area contributed by atoms with E-state index in [2.05, 4.69) is 16.0 Å². The number of nitrogens with two attached hydrogens (primary N) is 2. The molecule has 5 aliphatic rings. The largest absolute Gasteiger partial charge is 0.396 e. The summed E-state index contributed by atoms with van der Waals surface area (Å²) in [6.45, 7) is -1.35. The second-order valence-electron chi connectivity index (χ2n) is 23.7. The van der Waals surface area contributed by atoms with Gasteiger partial charge < -0.3 is 181 Å². The van der Waals surface area contributed by atoms with Crippen LogP contribution in [0.3, 0.4) is 0 Å². The molecule has 558 valence electrons. The van der Waals surface area contributed by atoms with Gasteiger partial charge in [0.15, 0.2) is 43.5 Å². The lowest BCUT2D eigenvalue weighted by Crippen LogP contribution is -2.69. The molecular weight excluding hydrogens is 1310 g/mol. The van der Waals surface area contributed by atoms with Crippen molar-refractivity contribution >= 4 is 29.4 Å². The maximum absolute atomic E-state index is 13.5. The Morgan fingerprint density at radius 1 is 0.521 bits per heavy atom. The first-order chi connectivity index (χ1) is 45.3. The number of hydrogen-bond acceptors (Lipinski definition) is 37. The average Bonchev–Trinajstić information content (AvgIpc) is 0.788. The molecule has 0 aromatic carbocycles. The van der Waals surface area contributed by atoms with Crippen LogP contribution >= 0.6 is 0 Å². The molecule has 0 aliphatic carbocycles. The van der Waals surface area contributed by atoms with Gasteiger partial charge in [-0.25, -0.2) is 0 Å². The van der Waals surface area contributed by atoms with Gasteiger partial charge in [-0.2, -0.15) is 0 Å². The first kappa shape index (κ1) is 82.9. The number of nitrogens with one attached hydrogen (secondary N) is 3. The lowest BCUT2D eigenvalue weighted by atomic mass is 9.91. The molecule has 5 heterocycles. The number of ketones is 1. The number of aliphatic hydroxyl groups excluding tert-OH is 18. The fourth-order valence-corrected chi connectivity index (χ4v) is 11.7. The van der Waals surface area contributed by atoms with Gasteiger partial charge in [0.2, 0.25) is 23.6 Å². The van der Waals surface area contributed by atoms with Gasteiger partial charge in [0.1, 0.15) is 140 Å². The highest BCUT2D eigenvalue weighted by molar-refractivity contribution is 5.93. The minimum absolute atomic E-state index is 0.0432. The van der Waals surface area contributed by atoms with Crippen molar-refractivity contribution < 1.29 is 177 Å². The maximum atomic E-state index is 13.5. The summed E-state index contributed by atoms with van der Waals surface area (Å²) < 4.78 is 75.7. The third-order valence-corrected chi connectivity index (χ3v) is 16.8. The number of rotatable bonds is 36. The fraction of sp³-hybridized carbons (Fsp3) is 0.909. The normalized spacial score (nSPS) is 38.8. The summed E-state index contributed by atoms with van der Waals surface area (Å²) in [7, 11) is 2.09. The van der Waals surface area contributed by atoms with Gasteiger partial charge in [-0.15, -0.1) is 0 Å². The molecule has 5 fully saturated rings. The number of ether oxygens (including phenoxy) is 13. The van der Waals surface area contributed by atoms with E-state index in [0.29, 0.717) is 0 Å². The van der Waals surface area contributed by atoms with Gasteiger partial charge in [-0.1, -0.05) is 6.92 Å². The van der Waals surface area contributed by atoms with Gasteiger partial charge in [-0.05, 0) is 19.3 Å². The summed E-state index contributed by atoms with van der Waals surface area (Å²) in [6, 6.07) is -7.12. The molecule has 25 N–H and O–H groups in total. The number of amides is 4. The van der Waals surface area contributed by atoms with Crippen molar-refractivity contribution in [2.24, 2.45) is 11.5 Å². The Balaban J connectivity index is 1.50. The highest BCUT2D eigenvalue weighted by Crippen LogP contribution is 2.37. The minimum Gasteiger partial charge on any atom is -0.396 e. The van der Waals surface area contributed by atoms with Crippen LogP contribution in [0.2, 0.25) is 0 Å². The Morgan fingerprint density at radius 3 is 1.49 bits per heavy atom. The van der Waals surface area contributed by atoms with Crippen LogP contribution in [0.25, 0.3) is 0 Å². The third-order valence-electron chi connectivity index (χ3n) is 16.8. The van der Waals surface area contributed by atoms with Crippen LogP contribution < -0.4 is 27.4 Å². The first-order valence-corrected chi connectivity index (χ1v) is 30.8. The monoisotopic (exact) mass is 1400 g/mol. The molecular formula is C55H97N5O36. The second-order valence-corrected chi connectivity index (χ2v) is 23.7. The molecule has 34 atom stereocenters. The van der Waals surface area contributed by atoms with E-state index in [4.69, 9.17) is 73.0 Å². The van der Waals surface area contributed by atoms with Crippen LogP contribution in [0.1, 0.15) is 53.4 Å². The number of Topliss-reactive ketones (excluding diaryl/α,β-unsaturated/α-hetero) is 1. The predicted octanol–water partition coefficient (Wildman–Crippen LogP) is -14.3. The van der Waals surface area contributed by atoms with Crippen LogP contribution in [0.5, 0.6) is 0 Å². The van der Waals surface area contributed by atoms with Crippen molar-refractivity contribution in [1.82, 2.24) is 16.0 Å². The zero-order valence-electron chi connectivity index (χ0n) is 53.3. The van der Waals surface area contributed by atoms with E-state index in [1.807, 2.05) is 0 Å². The van der Waals surface area contributed by atoms with Crippen LogP contribution in [-0.4, -0.2) is 384 Å². The standard InChI is InChI=1S/C55H97N5O36/c1-7-22-35(74)41(80)49(85-6)55(87-22)95-47-37(76)27(16-86-50(83)48(33(72)21(69)8-10-61)96-52-31(60-19(4)68)39(78)44(26(15-65)91-52)93-53-42(81)40(79)36(75)24(13-63)89-53)92-54(43(47)82)94-45-25(14-64)90-51(30(38(45)77)59-18(3)67)88-23(9-11-62)34(73)29(58-17(2)66)46(84-5)32(71)20(56)12-28(57)70/h20-27,29-31,33-55,61-65,69,72-83H,7-16,56H2,1-6H3,(H2,57,70)(H,58,66)(H,59,67)(H,60,68)/t20-,21+,22+,23+,24?,25?,26-,27?,29?,30?,31?,33-,34-,35+,36-,37+,38+,39?,40-,41?,42?,43+,44+,45+,46+,47?,48?,49?,50+,51+,52-,53-,54-,55+/m0/s1. The molecule has 96 heavy (non-hydrogen) atoms. The zero-order chi connectivity index (χ0) is 71.9. The smallest absolute Gasteiger partial charge is 0.219 e. The summed E-state index contributed by atoms with van der Waals surface area (Å²) in [5.41, 5.74) is 11.1.